The minimum atomic E-state index is -2.39. The Morgan fingerprint density at radius 3 is 1.85 bits per heavy atom. The minimum Gasteiger partial charge on any atom is -0.449 e. The van der Waals surface area contributed by atoms with Crippen LogP contribution in [0.4, 0.5) is 31.5 Å². The van der Waals surface area contributed by atoms with E-state index in [9.17, 15) is 31.5 Å². The maximum atomic E-state index is 13.8. The van der Waals surface area contributed by atoms with Gasteiger partial charge in [-0.05, 0) is 34.6 Å². The van der Waals surface area contributed by atoms with Crippen molar-refractivity contribution in [3.05, 3.63) is 88.7 Å². The van der Waals surface area contributed by atoms with Crippen molar-refractivity contribution in [1.82, 2.24) is 5.32 Å². The van der Waals surface area contributed by atoms with Gasteiger partial charge in [-0.25, -0.2) is 22.8 Å². The predicted molar refractivity (Wildman–Crippen MR) is 130 cm³/mol. The number of rotatable bonds is 8. The van der Waals surface area contributed by atoms with E-state index in [1.54, 1.807) is 0 Å². The molecular weight excluding hydrogens is 525 g/mol. The highest BCUT2D eigenvalue weighted by molar-refractivity contribution is 5.79. The van der Waals surface area contributed by atoms with E-state index in [2.05, 4.69) is 10.1 Å². The number of fused-ring (bicyclic) bond motifs is 3. The van der Waals surface area contributed by atoms with E-state index < -0.39 is 59.7 Å². The van der Waals surface area contributed by atoms with Gasteiger partial charge < -0.3 is 19.5 Å². The number of halogens is 5. The minimum absolute atomic E-state index is 0.0127. The summed E-state index contributed by atoms with van der Waals surface area (Å²) in [5.41, 5.74) is 4.15. The molecule has 3 aromatic carbocycles. The van der Waals surface area contributed by atoms with E-state index >= 15 is 0 Å². The highest BCUT2D eigenvalue weighted by atomic mass is 19.2. The Morgan fingerprint density at radius 1 is 0.795 bits per heavy atom. The first-order valence-electron chi connectivity index (χ1n) is 12.1. The molecule has 0 aliphatic heterocycles. The largest absolute Gasteiger partial charge is 0.514 e. The molecule has 0 bridgehead atoms. The lowest BCUT2D eigenvalue weighted by Crippen LogP contribution is -2.40. The van der Waals surface area contributed by atoms with Crippen molar-refractivity contribution in [2.45, 2.75) is 32.2 Å². The van der Waals surface area contributed by atoms with Crippen molar-refractivity contribution >= 4 is 12.2 Å². The second-order valence-electron chi connectivity index (χ2n) is 9.36. The fourth-order valence-electron chi connectivity index (χ4n) is 4.50. The molecule has 206 valence electrons. The topological polar surface area (TPSA) is 73.9 Å². The van der Waals surface area contributed by atoms with Gasteiger partial charge in [0.2, 0.25) is 34.8 Å². The number of hydrogen-bond acceptors (Lipinski definition) is 5. The molecule has 0 unspecified atom stereocenters. The molecule has 1 atom stereocenters. The van der Waals surface area contributed by atoms with E-state index in [0.29, 0.717) is 6.42 Å². The SMILES string of the molecule is CC(C)C[C@@H](COC(=O)Oc1c(F)c(F)c(F)c(F)c1F)NC(=O)OCC1c2ccccc2-c2ccccc21. The molecule has 0 saturated carbocycles. The Morgan fingerprint density at radius 2 is 1.31 bits per heavy atom. The van der Waals surface area contributed by atoms with Crippen LogP contribution < -0.4 is 10.1 Å². The summed E-state index contributed by atoms with van der Waals surface area (Å²) in [7, 11) is 0. The lowest BCUT2D eigenvalue weighted by molar-refractivity contribution is 0.0791. The van der Waals surface area contributed by atoms with E-state index in [1.165, 1.54) is 0 Å². The molecule has 0 radical (unpaired) electrons. The third-order valence-corrected chi connectivity index (χ3v) is 6.18. The van der Waals surface area contributed by atoms with Crippen LogP contribution in [-0.2, 0) is 9.47 Å². The van der Waals surface area contributed by atoms with Crippen LogP contribution in [0.15, 0.2) is 48.5 Å². The summed E-state index contributed by atoms with van der Waals surface area (Å²) < 4.78 is 82.0. The first-order valence-corrected chi connectivity index (χ1v) is 12.1. The van der Waals surface area contributed by atoms with Crippen LogP contribution in [0.25, 0.3) is 11.1 Å². The monoisotopic (exact) mass is 549 g/mol. The highest BCUT2D eigenvalue weighted by Gasteiger charge is 2.31. The summed E-state index contributed by atoms with van der Waals surface area (Å²) in [5, 5.41) is 2.58. The van der Waals surface area contributed by atoms with Crippen LogP contribution in [0.3, 0.4) is 0 Å². The van der Waals surface area contributed by atoms with Crippen LogP contribution in [0.2, 0.25) is 0 Å². The summed E-state index contributed by atoms with van der Waals surface area (Å²) in [6.07, 6.45) is -2.21. The Labute approximate surface area is 220 Å². The van der Waals surface area contributed by atoms with Gasteiger partial charge in [-0.1, -0.05) is 62.4 Å². The van der Waals surface area contributed by atoms with Crippen LogP contribution in [0.1, 0.15) is 37.3 Å². The molecule has 0 heterocycles. The third-order valence-electron chi connectivity index (χ3n) is 6.18. The van der Waals surface area contributed by atoms with Crippen molar-refractivity contribution in [2.75, 3.05) is 13.2 Å². The van der Waals surface area contributed by atoms with Gasteiger partial charge >= 0.3 is 12.2 Å². The Hall–Kier alpha value is -4.15. The van der Waals surface area contributed by atoms with Crippen LogP contribution in [0, 0.1) is 35.0 Å². The normalized spacial score (nSPS) is 13.0. The van der Waals surface area contributed by atoms with Gasteiger partial charge in [0.25, 0.3) is 0 Å². The second-order valence-corrected chi connectivity index (χ2v) is 9.36. The first-order chi connectivity index (χ1) is 18.6. The number of carbonyl (C=O) groups excluding carboxylic acids is 2. The average Bonchev–Trinajstić information content (AvgIpc) is 3.24. The molecule has 0 spiro atoms. The number of benzene rings is 3. The molecule has 1 aliphatic carbocycles. The van der Waals surface area contributed by atoms with Gasteiger partial charge in [0.05, 0.1) is 6.04 Å². The van der Waals surface area contributed by atoms with E-state index in [1.807, 2.05) is 62.4 Å². The van der Waals surface area contributed by atoms with Gasteiger partial charge in [0.15, 0.2) is 0 Å². The van der Waals surface area contributed by atoms with Gasteiger partial charge in [-0.2, -0.15) is 8.78 Å². The molecule has 0 fully saturated rings. The lowest BCUT2D eigenvalue weighted by atomic mass is 9.98. The van der Waals surface area contributed by atoms with Crippen molar-refractivity contribution in [3.8, 4) is 16.9 Å². The molecule has 4 rings (SSSR count). The molecule has 6 nitrogen and oxygen atoms in total. The van der Waals surface area contributed by atoms with Gasteiger partial charge in [0.1, 0.15) is 13.2 Å². The fraction of sp³-hybridized carbons (Fsp3) is 0.286. The molecule has 0 aromatic heterocycles. The van der Waals surface area contributed by atoms with E-state index in [4.69, 9.17) is 9.47 Å². The molecule has 3 aromatic rings. The third kappa shape index (κ3) is 5.97. The zero-order chi connectivity index (χ0) is 28.3. The summed E-state index contributed by atoms with van der Waals surface area (Å²) in [5.74, 6) is -13.5. The standard InChI is InChI=1S/C28H24F5NO5/c1-14(2)11-15(12-38-28(36)39-26-24(32)22(30)21(29)23(31)25(26)33)34-27(35)37-13-20-18-9-5-3-7-16(18)17-8-4-6-10-19(17)20/h3-10,14-15,20H,11-13H2,1-2H3,(H,34,35)/t15-/m0/s1. The van der Waals surface area contributed by atoms with Crippen LogP contribution in [0.5, 0.6) is 5.75 Å². The number of alkyl carbamates (subject to hydrolysis) is 1. The van der Waals surface area contributed by atoms with Gasteiger partial charge in [-0.3, -0.25) is 0 Å². The average molecular weight is 549 g/mol. The predicted octanol–water partition coefficient (Wildman–Crippen LogP) is 6.85. The van der Waals surface area contributed by atoms with Crippen molar-refractivity contribution in [3.63, 3.8) is 0 Å². The Bertz CT molecular complexity index is 1320. The number of nitrogens with one attached hydrogen (secondary N) is 1. The molecule has 0 saturated heterocycles. The molecule has 1 N–H and O–H groups in total. The quantitative estimate of drug-likeness (QED) is 0.109. The molecule has 11 heteroatoms. The van der Waals surface area contributed by atoms with E-state index in [0.717, 1.165) is 22.3 Å². The summed E-state index contributed by atoms with van der Waals surface area (Å²) in [6, 6.07) is 14.8. The van der Waals surface area contributed by atoms with Crippen molar-refractivity contribution in [2.24, 2.45) is 5.92 Å². The molecule has 1 aliphatic rings. The number of carbonyl (C=O) groups is 2. The lowest BCUT2D eigenvalue weighted by Gasteiger charge is -2.21. The molecule has 1 amide bonds. The number of ether oxygens (including phenoxy) is 3. The molecular formula is C28H24F5NO5. The first kappa shape index (κ1) is 27.9. The van der Waals surface area contributed by atoms with Gasteiger partial charge in [-0.15, -0.1) is 0 Å². The smallest absolute Gasteiger partial charge is 0.449 e. The zero-order valence-corrected chi connectivity index (χ0v) is 20.9. The zero-order valence-electron chi connectivity index (χ0n) is 20.9. The number of hydrogen-bond donors (Lipinski definition) is 1. The fourth-order valence-corrected chi connectivity index (χ4v) is 4.50. The molecule has 39 heavy (non-hydrogen) atoms. The Balaban J connectivity index is 1.37. The second kappa shape index (κ2) is 11.7. The van der Waals surface area contributed by atoms with Crippen LogP contribution >= 0.6 is 0 Å². The van der Waals surface area contributed by atoms with E-state index in [-0.39, 0.29) is 18.4 Å². The highest BCUT2D eigenvalue weighted by Crippen LogP contribution is 2.44. The summed E-state index contributed by atoms with van der Waals surface area (Å²) >= 11 is 0. The van der Waals surface area contributed by atoms with Crippen molar-refractivity contribution < 1.29 is 45.8 Å². The van der Waals surface area contributed by atoms with Crippen molar-refractivity contribution in [1.29, 1.82) is 0 Å². The van der Waals surface area contributed by atoms with Crippen LogP contribution in [-0.4, -0.2) is 31.5 Å². The van der Waals surface area contributed by atoms with Gasteiger partial charge in [0, 0.05) is 5.92 Å². The maximum Gasteiger partial charge on any atom is 0.514 e. The summed E-state index contributed by atoms with van der Waals surface area (Å²) in [6.45, 7) is 3.19. The summed E-state index contributed by atoms with van der Waals surface area (Å²) in [4.78, 5) is 24.6. The Kier molecular flexibility index (Phi) is 8.37. The number of amides is 1. The maximum absolute atomic E-state index is 13.8.